The molecule has 1 atom stereocenters. The monoisotopic (exact) mass is 325 g/mol. The van der Waals surface area contributed by atoms with Crippen molar-refractivity contribution >= 4 is 16.0 Å². The third-order valence-corrected chi connectivity index (χ3v) is 5.64. The van der Waals surface area contributed by atoms with E-state index in [2.05, 4.69) is 13.8 Å². The molecule has 1 unspecified atom stereocenters. The van der Waals surface area contributed by atoms with Gasteiger partial charge in [-0.1, -0.05) is 26.0 Å². The van der Waals surface area contributed by atoms with Crippen LogP contribution < -0.4 is 0 Å². The van der Waals surface area contributed by atoms with Crippen LogP contribution in [-0.2, 0) is 21.2 Å². The summed E-state index contributed by atoms with van der Waals surface area (Å²) >= 11 is 0. The lowest BCUT2D eigenvalue weighted by Gasteiger charge is -2.40. The molecule has 1 aliphatic rings. The standard InChI is InChI=1S/C16H23NO4S/c1-16(2)9-13-11(7-6-8-12(13)15(18)21-4)14(10-16)17(3)22(5,19)20/h6-8,14H,9-10H2,1-5H3. The number of hydrogen-bond donors (Lipinski definition) is 0. The van der Waals surface area contributed by atoms with Gasteiger partial charge < -0.3 is 4.74 Å². The molecule has 0 aliphatic heterocycles. The van der Waals surface area contributed by atoms with E-state index in [1.54, 1.807) is 19.2 Å². The molecule has 0 fully saturated rings. The molecule has 0 radical (unpaired) electrons. The molecule has 2 rings (SSSR count). The van der Waals surface area contributed by atoms with Crippen LogP contribution in [0.15, 0.2) is 18.2 Å². The number of esters is 1. The number of benzene rings is 1. The fraction of sp³-hybridized carbons (Fsp3) is 0.562. The number of carbonyl (C=O) groups is 1. The first-order chi connectivity index (χ1) is 10.1. The molecule has 0 bridgehead atoms. The van der Waals surface area contributed by atoms with E-state index < -0.39 is 10.0 Å². The summed E-state index contributed by atoms with van der Waals surface area (Å²) in [6.07, 6.45) is 2.65. The van der Waals surface area contributed by atoms with E-state index in [4.69, 9.17) is 4.74 Å². The zero-order chi connectivity index (χ0) is 16.7. The summed E-state index contributed by atoms with van der Waals surface area (Å²) in [6.45, 7) is 4.18. The molecule has 0 N–H and O–H groups in total. The number of rotatable bonds is 3. The molecule has 1 aliphatic carbocycles. The second kappa shape index (κ2) is 5.66. The van der Waals surface area contributed by atoms with Gasteiger partial charge in [0.15, 0.2) is 0 Å². The summed E-state index contributed by atoms with van der Waals surface area (Å²) in [7, 11) is -0.367. The topological polar surface area (TPSA) is 63.7 Å². The van der Waals surface area contributed by atoms with E-state index in [1.165, 1.54) is 17.7 Å². The number of sulfonamides is 1. The molecule has 122 valence electrons. The Kier molecular flexibility index (Phi) is 4.37. The molecule has 0 aromatic heterocycles. The third-order valence-electron chi connectivity index (χ3n) is 4.34. The summed E-state index contributed by atoms with van der Waals surface area (Å²) in [4.78, 5) is 12.0. The summed E-state index contributed by atoms with van der Waals surface area (Å²) in [6, 6.07) is 5.16. The maximum Gasteiger partial charge on any atom is 0.338 e. The van der Waals surface area contributed by atoms with Crippen LogP contribution in [0, 0.1) is 5.41 Å². The third kappa shape index (κ3) is 3.17. The van der Waals surface area contributed by atoms with Crippen molar-refractivity contribution in [2.24, 2.45) is 5.41 Å². The summed E-state index contributed by atoms with van der Waals surface area (Å²) in [5.74, 6) is -0.379. The van der Waals surface area contributed by atoms with Crippen molar-refractivity contribution < 1.29 is 17.9 Å². The zero-order valence-corrected chi connectivity index (χ0v) is 14.5. The van der Waals surface area contributed by atoms with Crippen LogP contribution in [0.2, 0.25) is 0 Å². The molecule has 0 saturated carbocycles. The average Bonchev–Trinajstić information content (AvgIpc) is 2.42. The van der Waals surface area contributed by atoms with Crippen LogP contribution in [0.1, 0.15) is 47.8 Å². The van der Waals surface area contributed by atoms with Gasteiger partial charge in [-0.25, -0.2) is 13.2 Å². The fourth-order valence-corrected chi connectivity index (χ4v) is 3.81. The van der Waals surface area contributed by atoms with Crippen molar-refractivity contribution in [3.05, 3.63) is 34.9 Å². The van der Waals surface area contributed by atoms with E-state index in [-0.39, 0.29) is 17.4 Å². The molecular weight excluding hydrogens is 302 g/mol. The molecule has 0 heterocycles. The normalized spacial score (nSPS) is 20.5. The van der Waals surface area contributed by atoms with Crippen molar-refractivity contribution in [1.82, 2.24) is 4.31 Å². The Morgan fingerprint density at radius 2 is 2.00 bits per heavy atom. The van der Waals surface area contributed by atoms with Crippen LogP contribution in [-0.4, -0.2) is 39.1 Å². The SMILES string of the molecule is COC(=O)c1cccc2c1CC(C)(C)CC2N(C)S(C)(=O)=O. The van der Waals surface area contributed by atoms with Gasteiger partial charge >= 0.3 is 5.97 Å². The van der Waals surface area contributed by atoms with Crippen LogP contribution in [0.3, 0.4) is 0 Å². The highest BCUT2D eigenvalue weighted by Crippen LogP contribution is 2.44. The number of hydrogen-bond acceptors (Lipinski definition) is 4. The van der Waals surface area contributed by atoms with Gasteiger partial charge in [-0.15, -0.1) is 0 Å². The predicted molar refractivity (Wildman–Crippen MR) is 85.2 cm³/mol. The zero-order valence-electron chi connectivity index (χ0n) is 13.7. The number of methoxy groups -OCH3 is 1. The largest absolute Gasteiger partial charge is 0.465 e. The van der Waals surface area contributed by atoms with Crippen molar-refractivity contribution in [2.75, 3.05) is 20.4 Å². The van der Waals surface area contributed by atoms with Gasteiger partial charge in [0.05, 0.1) is 25.0 Å². The van der Waals surface area contributed by atoms with Crippen molar-refractivity contribution in [2.45, 2.75) is 32.7 Å². The Labute approximate surface area is 132 Å². The second-order valence-electron chi connectivity index (χ2n) is 6.71. The summed E-state index contributed by atoms with van der Waals surface area (Å²) in [5, 5.41) is 0. The first-order valence-electron chi connectivity index (χ1n) is 7.20. The highest BCUT2D eigenvalue weighted by atomic mass is 32.2. The van der Waals surface area contributed by atoms with Crippen LogP contribution in [0.25, 0.3) is 0 Å². The number of ether oxygens (including phenoxy) is 1. The number of fused-ring (bicyclic) bond motifs is 1. The number of nitrogens with zero attached hydrogens (tertiary/aromatic N) is 1. The van der Waals surface area contributed by atoms with Crippen LogP contribution in [0.4, 0.5) is 0 Å². The molecule has 1 aromatic rings. The van der Waals surface area contributed by atoms with Gasteiger partial charge in [0, 0.05) is 7.05 Å². The Morgan fingerprint density at radius 1 is 1.36 bits per heavy atom. The minimum absolute atomic E-state index is 0.0965. The Bertz CT molecular complexity index is 694. The van der Waals surface area contributed by atoms with E-state index >= 15 is 0 Å². The van der Waals surface area contributed by atoms with Gasteiger partial charge in [-0.2, -0.15) is 4.31 Å². The Hall–Kier alpha value is -1.40. The van der Waals surface area contributed by atoms with Gasteiger partial charge in [-0.3, -0.25) is 0 Å². The minimum Gasteiger partial charge on any atom is -0.465 e. The highest BCUT2D eigenvalue weighted by molar-refractivity contribution is 7.88. The lowest BCUT2D eigenvalue weighted by molar-refractivity contribution is 0.0597. The van der Waals surface area contributed by atoms with E-state index in [9.17, 15) is 13.2 Å². The van der Waals surface area contributed by atoms with Crippen molar-refractivity contribution in [3.63, 3.8) is 0 Å². The van der Waals surface area contributed by atoms with Crippen LogP contribution in [0.5, 0.6) is 0 Å². The molecule has 1 aromatic carbocycles. The molecule has 0 amide bonds. The maximum atomic E-state index is 12.0. The second-order valence-corrected chi connectivity index (χ2v) is 8.75. The quantitative estimate of drug-likeness (QED) is 0.801. The smallest absolute Gasteiger partial charge is 0.338 e. The first kappa shape index (κ1) is 17.0. The highest BCUT2D eigenvalue weighted by Gasteiger charge is 2.38. The van der Waals surface area contributed by atoms with E-state index in [1.807, 2.05) is 6.07 Å². The minimum atomic E-state index is -3.32. The lowest BCUT2D eigenvalue weighted by atomic mass is 9.71. The lowest BCUT2D eigenvalue weighted by Crippen LogP contribution is -2.38. The van der Waals surface area contributed by atoms with Gasteiger partial charge in [0.2, 0.25) is 10.0 Å². The molecule has 5 nitrogen and oxygen atoms in total. The average molecular weight is 325 g/mol. The maximum absolute atomic E-state index is 12.0. The first-order valence-corrected chi connectivity index (χ1v) is 9.05. The van der Waals surface area contributed by atoms with E-state index in [0.717, 1.165) is 17.5 Å². The molecule has 22 heavy (non-hydrogen) atoms. The van der Waals surface area contributed by atoms with Crippen molar-refractivity contribution in [1.29, 1.82) is 0 Å². The summed E-state index contributed by atoms with van der Waals surface area (Å²) < 4.78 is 30.2. The molecule has 0 saturated heterocycles. The Balaban J connectivity index is 2.62. The molecule has 6 heteroatoms. The summed E-state index contributed by atoms with van der Waals surface area (Å²) in [5.41, 5.74) is 2.22. The fourth-order valence-electron chi connectivity index (χ4n) is 3.16. The Morgan fingerprint density at radius 3 is 2.55 bits per heavy atom. The van der Waals surface area contributed by atoms with Gasteiger partial charge in [0.1, 0.15) is 0 Å². The van der Waals surface area contributed by atoms with Crippen molar-refractivity contribution in [3.8, 4) is 0 Å². The molecular formula is C16H23NO4S. The molecule has 0 spiro atoms. The van der Waals surface area contributed by atoms with Gasteiger partial charge in [0.25, 0.3) is 0 Å². The van der Waals surface area contributed by atoms with E-state index in [0.29, 0.717) is 12.0 Å². The number of carbonyl (C=O) groups excluding carboxylic acids is 1. The predicted octanol–water partition coefficient (Wildman–Crippen LogP) is 2.38. The van der Waals surface area contributed by atoms with Crippen LogP contribution >= 0.6 is 0 Å². The van der Waals surface area contributed by atoms with Gasteiger partial charge in [-0.05, 0) is 35.4 Å².